The average molecular weight is 639 g/mol. The van der Waals surface area contributed by atoms with E-state index in [1.165, 1.54) is 11.1 Å². The summed E-state index contributed by atoms with van der Waals surface area (Å²) in [7, 11) is 0. The lowest BCUT2D eigenvalue weighted by molar-refractivity contribution is -0.143. The molecule has 6 rings (SSSR count). The Morgan fingerprint density at radius 1 is 1.15 bits per heavy atom. The van der Waals surface area contributed by atoms with Gasteiger partial charge in [0.05, 0.1) is 35.9 Å². The van der Waals surface area contributed by atoms with Gasteiger partial charge in [-0.2, -0.15) is 23.5 Å². The Balaban J connectivity index is 1.16. The highest BCUT2D eigenvalue weighted by atomic mass is 19.4. The molecule has 0 saturated carbocycles. The van der Waals surface area contributed by atoms with Crippen LogP contribution in [-0.4, -0.2) is 84.7 Å². The number of halogens is 4. The fourth-order valence-corrected chi connectivity index (χ4v) is 6.33. The van der Waals surface area contributed by atoms with Crippen LogP contribution in [0.4, 0.5) is 17.6 Å². The number of aromatic amines is 1. The van der Waals surface area contributed by atoms with Crippen LogP contribution < -0.4 is 0 Å². The lowest BCUT2D eigenvalue weighted by Crippen LogP contribution is -2.66. The van der Waals surface area contributed by atoms with Crippen LogP contribution in [0.15, 0.2) is 43.1 Å². The average Bonchev–Trinajstić information content (AvgIpc) is 3.68. The summed E-state index contributed by atoms with van der Waals surface area (Å²) in [6.07, 6.45) is 3.38. The summed E-state index contributed by atoms with van der Waals surface area (Å²) < 4.78 is 61.1. The predicted octanol–water partition coefficient (Wildman–Crippen LogP) is 4.77. The topological polar surface area (TPSA) is 133 Å². The molecule has 0 bridgehead atoms. The number of pyridine rings is 2. The Morgan fingerprint density at radius 2 is 1.89 bits per heavy atom. The molecule has 11 nitrogen and oxygen atoms in total. The number of amides is 1. The number of ether oxygens (including phenoxy) is 1. The number of fused-ring (bicyclic) bond motifs is 1. The number of aromatic nitrogens is 5. The smallest absolute Gasteiger partial charge is 0.436 e. The number of likely N-dealkylation sites (tertiary alicyclic amines) is 2. The van der Waals surface area contributed by atoms with E-state index in [4.69, 9.17) is 4.74 Å². The quantitative estimate of drug-likeness (QED) is 0.226. The zero-order valence-corrected chi connectivity index (χ0v) is 25.0. The minimum absolute atomic E-state index is 0.0519. The van der Waals surface area contributed by atoms with Crippen molar-refractivity contribution < 1.29 is 31.9 Å². The summed E-state index contributed by atoms with van der Waals surface area (Å²) >= 11 is 0. The second kappa shape index (κ2) is 11.8. The number of hydrogen-bond acceptors (Lipinski definition) is 8. The third kappa shape index (κ3) is 5.57. The van der Waals surface area contributed by atoms with Gasteiger partial charge in [0.2, 0.25) is 0 Å². The molecule has 2 aliphatic rings. The van der Waals surface area contributed by atoms with E-state index >= 15 is 0 Å². The van der Waals surface area contributed by atoms with Crippen LogP contribution in [0.5, 0.6) is 0 Å². The molecular weight excluding hydrogens is 608 g/mol. The second-order valence-electron chi connectivity index (χ2n) is 11.9. The van der Waals surface area contributed by atoms with E-state index in [9.17, 15) is 32.4 Å². The summed E-state index contributed by atoms with van der Waals surface area (Å²) in [5.74, 6) is -2.98. The third-order valence-corrected chi connectivity index (χ3v) is 8.57. The van der Waals surface area contributed by atoms with Gasteiger partial charge in [-0.25, -0.2) is 19.2 Å². The maximum atomic E-state index is 14.5. The Kier molecular flexibility index (Phi) is 8.01. The molecule has 2 fully saturated rings. The molecule has 0 aliphatic carbocycles. The van der Waals surface area contributed by atoms with Gasteiger partial charge in [-0.3, -0.25) is 14.4 Å². The van der Waals surface area contributed by atoms with E-state index in [1.807, 2.05) is 12.3 Å². The van der Waals surface area contributed by atoms with Crippen molar-refractivity contribution >= 4 is 22.9 Å². The molecule has 2 saturated heterocycles. The molecule has 0 spiro atoms. The molecule has 4 aromatic heterocycles. The number of carbonyl (C=O) groups excluding carboxylic acids is 2. The van der Waals surface area contributed by atoms with E-state index < -0.39 is 40.7 Å². The fraction of sp³-hybridized carbons (Fsp3) is 0.419. The molecule has 0 atom stereocenters. The van der Waals surface area contributed by atoms with Crippen molar-refractivity contribution in [3.8, 4) is 17.2 Å². The summed E-state index contributed by atoms with van der Waals surface area (Å²) in [6.45, 7) is 5.02. The van der Waals surface area contributed by atoms with Crippen LogP contribution in [0.25, 0.3) is 22.2 Å². The lowest BCUT2D eigenvalue weighted by Gasteiger charge is -2.53. The van der Waals surface area contributed by atoms with Crippen molar-refractivity contribution in [3.63, 3.8) is 0 Å². The van der Waals surface area contributed by atoms with Crippen LogP contribution in [0.1, 0.15) is 59.5 Å². The van der Waals surface area contributed by atoms with E-state index in [0.717, 1.165) is 17.6 Å². The monoisotopic (exact) mass is 638 g/mol. The van der Waals surface area contributed by atoms with Crippen molar-refractivity contribution in [2.75, 3.05) is 26.2 Å². The van der Waals surface area contributed by atoms with Crippen LogP contribution in [0.3, 0.4) is 0 Å². The minimum Gasteiger partial charge on any atom is -0.459 e. The molecule has 46 heavy (non-hydrogen) atoms. The van der Waals surface area contributed by atoms with E-state index in [-0.39, 0.29) is 31.7 Å². The molecular formula is C31H30F4N8O3. The van der Waals surface area contributed by atoms with Gasteiger partial charge in [-0.15, -0.1) is 0 Å². The zero-order valence-electron chi connectivity index (χ0n) is 25.0. The molecule has 4 aromatic rings. The maximum Gasteiger partial charge on any atom is 0.436 e. The number of alkyl halides is 3. The van der Waals surface area contributed by atoms with E-state index in [0.29, 0.717) is 48.3 Å². The predicted molar refractivity (Wildman–Crippen MR) is 156 cm³/mol. The van der Waals surface area contributed by atoms with Crippen LogP contribution >= 0.6 is 0 Å². The molecule has 0 aromatic carbocycles. The SMILES string of the molecule is CC(C)OC(=O)c1cnc2[nH]ccc2c1-c1cnn(C2(CC#N)CN(C3CCN(C(=O)c4ccnc(C(F)(F)F)c4F)CC3)C2)c1. The first-order valence-corrected chi connectivity index (χ1v) is 14.8. The number of nitrogens with zero attached hydrogens (tertiary/aromatic N) is 7. The number of esters is 1. The Morgan fingerprint density at radius 3 is 2.57 bits per heavy atom. The van der Waals surface area contributed by atoms with E-state index in [2.05, 4.69) is 31.0 Å². The number of piperidine rings is 1. The number of nitriles is 1. The van der Waals surface area contributed by atoms with Crippen LogP contribution in [0.2, 0.25) is 0 Å². The highest BCUT2D eigenvalue weighted by molar-refractivity contribution is 6.06. The largest absolute Gasteiger partial charge is 0.459 e. The number of carbonyl (C=O) groups is 2. The Hall–Kier alpha value is -4.84. The van der Waals surface area contributed by atoms with Crippen molar-refractivity contribution in [1.29, 1.82) is 5.26 Å². The molecule has 6 heterocycles. The van der Waals surface area contributed by atoms with Gasteiger partial charge in [-0.1, -0.05) is 0 Å². The van der Waals surface area contributed by atoms with Gasteiger partial charge in [0, 0.05) is 73.5 Å². The summed E-state index contributed by atoms with van der Waals surface area (Å²) in [5, 5.41) is 15.1. The lowest BCUT2D eigenvalue weighted by atomic mass is 9.83. The van der Waals surface area contributed by atoms with Crippen LogP contribution in [-0.2, 0) is 16.5 Å². The second-order valence-corrected chi connectivity index (χ2v) is 11.9. The van der Waals surface area contributed by atoms with Crippen molar-refractivity contribution in [2.45, 2.75) is 57.0 Å². The number of nitrogens with one attached hydrogen (secondary N) is 1. The van der Waals surface area contributed by atoms with Gasteiger partial charge >= 0.3 is 12.1 Å². The molecule has 1 N–H and O–H groups in total. The van der Waals surface area contributed by atoms with E-state index in [1.54, 1.807) is 30.9 Å². The molecule has 2 aliphatic heterocycles. The zero-order chi connectivity index (χ0) is 32.8. The molecule has 0 radical (unpaired) electrons. The molecule has 240 valence electrons. The normalized spacial score (nSPS) is 17.2. The Labute approximate surface area is 260 Å². The first kappa shape index (κ1) is 31.2. The highest BCUT2D eigenvalue weighted by Gasteiger charge is 2.48. The van der Waals surface area contributed by atoms with Gasteiger partial charge in [-0.05, 0) is 38.8 Å². The Bertz CT molecular complexity index is 1830. The maximum absolute atomic E-state index is 14.5. The third-order valence-electron chi connectivity index (χ3n) is 8.57. The summed E-state index contributed by atoms with van der Waals surface area (Å²) in [6, 6.07) is 5.11. The van der Waals surface area contributed by atoms with Gasteiger partial charge in [0.15, 0.2) is 11.5 Å². The van der Waals surface area contributed by atoms with Gasteiger partial charge in [0.25, 0.3) is 5.91 Å². The van der Waals surface area contributed by atoms with Crippen molar-refractivity contribution in [3.05, 3.63) is 65.8 Å². The van der Waals surface area contributed by atoms with Crippen molar-refractivity contribution in [2.24, 2.45) is 0 Å². The summed E-state index contributed by atoms with van der Waals surface area (Å²) in [4.78, 5) is 39.9. The first-order valence-electron chi connectivity index (χ1n) is 14.8. The number of rotatable bonds is 7. The standard InChI is InChI=1S/C31H30F4N8O3/c1-18(2)46-29(45)23-14-39-27-21(3-10-38-27)24(23)19-13-40-43(15-19)30(7-8-36)16-42(17-30)20-5-11-41(12-6-20)28(44)22-4-9-37-26(25(22)32)31(33,34)35/h3-4,9-10,13-15,18,20H,5-7,11-12,16-17H2,1-2H3,(H,38,39). The van der Waals surface area contributed by atoms with Crippen LogP contribution in [0, 0.1) is 17.1 Å². The highest BCUT2D eigenvalue weighted by Crippen LogP contribution is 2.39. The first-order chi connectivity index (χ1) is 21.9. The molecule has 0 unspecified atom stereocenters. The number of hydrogen-bond donors (Lipinski definition) is 1. The fourth-order valence-electron chi connectivity index (χ4n) is 6.33. The molecule has 15 heteroatoms. The number of H-pyrrole nitrogens is 1. The van der Waals surface area contributed by atoms with Gasteiger partial charge < -0.3 is 14.6 Å². The molecule has 1 amide bonds. The van der Waals surface area contributed by atoms with Crippen molar-refractivity contribution in [1.82, 2.24) is 34.5 Å². The summed E-state index contributed by atoms with van der Waals surface area (Å²) in [5.41, 5.74) is -0.803. The van der Waals surface area contributed by atoms with Gasteiger partial charge in [0.1, 0.15) is 11.2 Å². The minimum atomic E-state index is -5.01.